The van der Waals surface area contributed by atoms with Gasteiger partial charge in [-0.05, 0) is 30.7 Å². The number of nitrogens with zero attached hydrogens (tertiary/aromatic N) is 2. The Balaban J connectivity index is 1.56. The van der Waals surface area contributed by atoms with Crippen molar-refractivity contribution in [2.24, 2.45) is 0 Å². The molecule has 0 aliphatic heterocycles. The second-order valence-electron chi connectivity index (χ2n) is 5.13. The van der Waals surface area contributed by atoms with Crippen molar-refractivity contribution in [2.45, 2.75) is 12.1 Å². The van der Waals surface area contributed by atoms with Crippen LogP contribution < -0.4 is 5.32 Å². The monoisotopic (exact) mass is 358 g/mol. The summed E-state index contributed by atoms with van der Waals surface area (Å²) in [5, 5.41) is 11.1. The number of anilines is 1. The maximum absolute atomic E-state index is 12.0. The van der Waals surface area contributed by atoms with Crippen molar-refractivity contribution in [1.29, 1.82) is 0 Å². The van der Waals surface area contributed by atoms with Crippen LogP contribution in [0.3, 0.4) is 0 Å². The van der Waals surface area contributed by atoms with Crippen molar-refractivity contribution in [1.82, 2.24) is 15.2 Å². The standard InChI is InChI=1S/C17H15ClN4OS/c1-11-9-13(7-8-14(11)18)19-15(23)10-24-17-20-16(21-22-17)12-5-3-2-4-6-12/h2-9H,10H2,1H3,(H,19,23)(H,20,21,22). The molecule has 3 aromatic rings. The SMILES string of the molecule is Cc1cc(NC(=O)CSc2n[nH]c(-c3ccccc3)n2)ccc1Cl. The average Bonchev–Trinajstić information content (AvgIpc) is 3.06. The molecule has 24 heavy (non-hydrogen) atoms. The van der Waals surface area contributed by atoms with Crippen LogP contribution in [0, 0.1) is 6.92 Å². The number of halogens is 1. The highest BCUT2D eigenvalue weighted by Gasteiger charge is 2.09. The summed E-state index contributed by atoms with van der Waals surface area (Å²) in [7, 11) is 0. The van der Waals surface area contributed by atoms with Gasteiger partial charge in [-0.2, -0.15) is 0 Å². The molecule has 0 saturated heterocycles. The number of thioether (sulfide) groups is 1. The van der Waals surface area contributed by atoms with Crippen LogP contribution in [0.2, 0.25) is 5.02 Å². The van der Waals surface area contributed by atoms with Crippen LogP contribution in [0.5, 0.6) is 0 Å². The number of aromatic amines is 1. The van der Waals surface area contributed by atoms with Gasteiger partial charge in [0.25, 0.3) is 0 Å². The maximum atomic E-state index is 12.0. The first-order valence-electron chi connectivity index (χ1n) is 7.28. The number of benzene rings is 2. The molecule has 0 atom stereocenters. The van der Waals surface area contributed by atoms with Gasteiger partial charge in [0.1, 0.15) is 0 Å². The van der Waals surface area contributed by atoms with E-state index >= 15 is 0 Å². The van der Waals surface area contributed by atoms with Crippen LogP contribution in [0.4, 0.5) is 5.69 Å². The first-order chi connectivity index (χ1) is 11.6. The third-order valence-corrected chi connectivity index (χ3v) is 4.56. The number of aryl methyl sites for hydroxylation is 1. The predicted molar refractivity (Wildman–Crippen MR) is 97.4 cm³/mol. The Morgan fingerprint density at radius 1 is 1.25 bits per heavy atom. The number of carbonyl (C=O) groups is 1. The molecule has 2 aromatic carbocycles. The van der Waals surface area contributed by atoms with Gasteiger partial charge < -0.3 is 5.32 Å². The van der Waals surface area contributed by atoms with Crippen molar-refractivity contribution < 1.29 is 4.79 Å². The zero-order chi connectivity index (χ0) is 16.9. The van der Waals surface area contributed by atoms with Crippen LogP contribution >= 0.6 is 23.4 Å². The van der Waals surface area contributed by atoms with Crippen molar-refractivity contribution in [3.05, 3.63) is 59.1 Å². The van der Waals surface area contributed by atoms with Gasteiger partial charge in [-0.1, -0.05) is 53.7 Å². The molecule has 0 unspecified atom stereocenters. The molecule has 0 saturated carbocycles. The fourth-order valence-electron chi connectivity index (χ4n) is 2.09. The van der Waals surface area contributed by atoms with E-state index in [9.17, 15) is 4.79 Å². The highest BCUT2D eigenvalue weighted by Crippen LogP contribution is 2.21. The maximum Gasteiger partial charge on any atom is 0.234 e. The lowest BCUT2D eigenvalue weighted by atomic mass is 10.2. The quantitative estimate of drug-likeness (QED) is 0.672. The lowest BCUT2D eigenvalue weighted by Gasteiger charge is -2.06. The van der Waals surface area contributed by atoms with E-state index in [-0.39, 0.29) is 11.7 Å². The number of rotatable bonds is 5. The van der Waals surface area contributed by atoms with Crippen molar-refractivity contribution in [3.8, 4) is 11.4 Å². The number of hydrogen-bond acceptors (Lipinski definition) is 4. The molecular weight excluding hydrogens is 344 g/mol. The normalized spacial score (nSPS) is 10.6. The van der Waals surface area contributed by atoms with Gasteiger partial charge in [0.2, 0.25) is 11.1 Å². The zero-order valence-corrected chi connectivity index (χ0v) is 14.5. The molecule has 1 heterocycles. The summed E-state index contributed by atoms with van der Waals surface area (Å²) >= 11 is 7.25. The minimum absolute atomic E-state index is 0.118. The number of H-pyrrole nitrogens is 1. The van der Waals surface area contributed by atoms with Crippen LogP contribution in [0.15, 0.2) is 53.7 Å². The minimum Gasteiger partial charge on any atom is -0.325 e. The van der Waals surface area contributed by atoms with E-state index in [0.29, 0.717) is 16.0 Å². The molecule has 2 N–H and O–H groups in total. The summed E-state index contributed by atoms with van der Waals surface area (Å²) in [6.07, 6.45) is 0. The topological polar surface area (TPSA) is 70.7 Å². The lowest BCUT2D eigenvalue weighted by molar-refractivity contribution is -0.113. The number of hydrogen-bond donors (Lipinski definition) is 2. The third kappa shape index (κ3) is 4.15. The summed E-state index contributed by atoms with van der Waals surface area (Å²) in [6, 6.07) is 15.1. The van der Waals surface area contributed by atoms with Gasteiger partial charge in [-0.25, -0.2) is 4.98 Å². The first-order valence-corrected chi connectivity index (χ1v) is 8.65. The molecule has 0 fully saturated rings. The van der Waals surface area contributed by atoms with Crippen molar-refractivity contribution >= 4 is 35.0 Å². The minimum atomic E-state index is -0.118. The average molecular weight is 359 g/mol. The Kier molecular flexibility index (Phi) is 5.17. The molecule has 5 nitrogen and oxygen atoms in total. The summed E-state index contributed by atoms with van der Waals surface area (Å²) in [6.45, 7) is 1.89. The summed E-state index contributed by atoms with van der Waals surface area (Å²) in [5.41, 5.74) is 2.60. The van der Waals surface area contributed by atoms with E-state index in [1.807, 2.05) is 43.3 Å². The second kappa shape index (κ2) is 7.51. The van der Waals surface area contributed by atoms with Crippen molar-refractivity contribution in [2.75, 3.05) is 11.1 Å². The number of carbonyl (C=O) groups excluding carboxylic acids is 1. The fraction of sp³-hybridized carbons (Fsp3) is 0.118. The molecule has 0 spiro atoms. The Labute approximate surface area is 148 Å². The van der Waals surface area contributed by atoms with E-state index < -0.39 is 0 Å². The van der Waals surface area contributed by atoms with Crippen LogP contribution in [0.25, 0.3) is 11.4 Å². The summed E-state index contributed by atoms with van der Waals surface area (Å²) < 4.78 is 0. The van der Waals surface area contributed by atoms with E-state index in [2.05, 4.69) is 20.5 Å². The van der Waals surface area contributed by atoms with Crippen molar-refractivity contribution in [3.63, 3.8) is 0 Å². The molecule has 122 valence electrons. The molecule has 3 rings (SSSR count). The number of aromatic nitrogens is 3. The van der Waals surface area contributed by atoms with E-state index in [1.165, 1.54) is 11.8 Å². The molecule has 0 bridgehead atoms. The predicted octanol–water partition coefficient (Wildman–Crippen LogP) is 4.16. The molecule has 0 radical (unpaired) electrons. The third-order valence-electron chi connectivity index (χ3n) is 3.29. The van der Waals surface area contributed by atoms with Crippen LogP contribution in [-0.2, 0) is 4.79 Å². The molecule has 0 aliphatic carbocycles. The lowest BCUT2D eigenvalue weighted by Crippen LogP contribution is -2.14. The van der Waals surface area contributed by atoms with Gasteiger partial charge in [-0.15, -0.1) is 5.10 Å². The second-order valence-corrected chi connectivity index (χ2v) is 6.48. The van der Waals surface area contributed by atoms with Gasteiger partial charge in [0.05, 0.1) is 5.75 Å². The highest BCUT2D eigenvalue weighted by atomic mass is 35.5. The fourth-order valence-corrected chi connectivity index (χ4v) is 2.80. The Morgan fingerprint density at radius 3 is 2.79 bits per heavy atom. The van der Waals surface area contributed by atoms with Gasteiger partial charge in [-0.3, -0.25) is 9.89 Å². The van der Waals surface area contributed by atoms with E-state index in [1.54, 1.807) is 12.1 Å². The van der Waals surface area contributed by atoms with Crippen LogP contribution in [0.1, 0.15) is 5.56 Å². The molecule has 0 aliphatic rings. The Morgan fingerprint density at radius 2 is 2.04 bits per heavy atom. The first kappa shape index (κ1) is 16.5. The highest BCUT2D eigenvalue weighted by molar-refractivity contribution is 7.99. The molecule has 1 aromatic heterocycles. The smallest absolute Gasteiger partial charge is 0.234 e. The molecular formula is C17H15ClN4OS. The van der Waals surface area contributed by atoms with Gasteiger partial charge >= 0.3 is 0 Å². The number of nitrogens with one attached hydrogen (secondary N) is 2. The van der Waals surface area contributed by atoms with Crippen LogP contribution in [-0.4, -0.2) is 26.8 Å². The molecule has 1 amide bonds. The summed E-state index contributed by atoms with van der Waals surface area (Å²) in [5.74, 6) is 0.799. The van der Waals surface area contributed by atoms with E-state index in [0.717, 1.165) is 16.8 Å². The summed E-state index contributed by atoms with van der Waals surface area (Å²) in [4.78, 5) is 16.4. The Bertz CT molecular complexity index is 851. The number of amides is 1. The van der Waals surface area contributed by atoms with Gasteiger partial charge in [0, 0.05) is 16.3 Å². The Hall–Kier alpha value is -2.31. The zero-order valence-electron chi connectivity index (χ0n) is 12.9. The molecule has 7 heteroatoms. The van der Waals surface area contributed by atoms with E-state index in [4.69, 9.17) is 11.6 Å². The van der Waals surface area contributed by atoms with Gasteiger partial charge in [0.15, 0.2) is 5.82 Å². The largest absolute Gasteiger partial charge is 0.325 e.